The average Bonchev–Trinajstić information content (AvgIpc) is 2.78. The smallest absolute Gasteiger partial charge is 0.167 e. The third-order valence-corrected chi connectivity index (χ3v) is 6.15. The van der Waals surface area contributed by atoms with Gasteiger partial charge in [0.25, 0.3) is 0 Å². The Morgan fingerprint density at radius 1 is 0.710 bits per heavy atom. The molecule has 31 heavy (non-hydrogen) atoms. The Bertz CT molecular complexity index is 1140. The van der Waals surface area contributed by atoms with Crippen molar-refractivity contribution in [1.29, 1.82) is 0 Å². The molecule has 0 radical (unpaired) electrons. The molecule has 0 saturated carbocycles. The number of aryl methyl sites for hydroxylation is 1. The molecule has 1 aliphatic carbocycles. The molecule has 0 bridgehead atoms. The molecule has 0 fully saturated rings. The van der Waals surface area contributed by atoms with Crippen LogP contribution in [0.4, 0.5) is 17.6 Å². The predicted molar refractivity (Wildman–Crippen MR) is 118 cm³/mol. The quantitative estimate of drug-likeness (QED) is 0.369. The van der Waals surface area contributed by atoms with Gasteiger partial charge in [0.15, 0.2) is 23.3 Å². The third-order valence-electron chi connectivity index (χ3n) is 6.15. The zero-order valence-corrected chi connectivity index (χ0v) is 17.6. The van der Waals surface area contributed by atoms with Gasteiger partial charge in [-0.2, -0.15) is 0 Å². The Morgan fingerprint density at radius 2 is 1.23 bits per heavy atom. The maximum atomic E-state index is 14.9. The zero-order valence-electron chi connectivity index (χ0n) is 17.6. The summed E-state index contributed by atoms with van der Waals surface area (Å²) in [6.07, 6.45) is 4.98. The Hall–Kier alpha value is -2.88. The number of hydrogen-bond donors (Lipinski definition) is 0. The zero-order chi connectivity index (χ0) is 22.1. The Morgan fingerprint density at radius 3 is 1.77 bits per heavy atom. The van der Waals surface area contributed by atoms with Crippen molar-refractivity contribution in [3.8, 4) is 22.3 Å². The van der Waals surface area contributed by atoms with E-state index in [0.29, 0.717) is 34.6 Å². The fourth-order valence-corrected chi connectivity index (χ4v) is 4.15. The lowest BCUT2D eigenvalue weighted by Crippen LogP contribution is -2.04. The fourth-order valence-electron chi connectivity index (χ4n) is 4.15. The molecular weight excluding hydrogens is 400 g/mol. The topological polar surface area (TPSA) is 0 Å². The van der Waals surface area contributed by atoms with Crippen molar-refractivity contribution in [1.82, 2.24) is 0 Å². The molecule has 0 amide bonds. The van der Waals surface area contributed by atoms with Crippen LogP contribution in [0.2, 0.25) is 0 Å². The molecule has 1 unspecified atom stereocenters. The Labute approximate surface area is 180 Å². The summed E-state index contributed by atoms with van der Waals surface area (Å²) in [5, 5.41) is 0. The second-order valence-corrected chi connectivity index (χ2v) is 8.23. The van der Waals surface area contributed by atoms with Crippen LogP contribution >= 0.6 is 0 Å². The third kappa shape index (κ3) is 4.04. The van der Waals surface area contributed by atoms with Crippen LogP contribution in [0.3, 0.4) is 0 Å². The summed E-state index contributed by atoms with van der Waals surface area (Å²) in [4.78, 5) is 0. The van der Waals surface area contributed by atoms with Gasteiger partial charge < -0.3 is 0 Å². The minimum atomic E-state index is -0.899. The molecule has 0 aliphatic heterocycles. The van der Waals surface area contributed by atoms with Crippen LogP contribution in [0.1, 0.15) is 44.2 Å². The second kappa shape index (κ2) is 8.70. The number of allylic oxidation sites excluding steroid dienone is 2. The van der Waals surface area contributed by atoms with Gasteiger partial charge in [-0.3, -0.25) is 0 Å². The van der Waals surface area contributed by atoms with Crippen molar-refractivity contribution in [2.45, 2.75) is 39.5 Å². The van der Waals surface area contributed by atoms with Crippen molar-refractivity contribution >= 4 is 5.57 Å². The highest BCUT2D eigenvalue weighted by atomic mass is 19.2. The van der Waals surface area contributed by atoms with E-state index in [2.05, 4.69) is 6.92 Å². The lowest BCUT2D eigenvalue weighted by atomic mass is 9.87. The predicted octanol–water partition coefficient (Wildman–Crippen LogP) is 8.34. The first kappa shape index (κ1) is 21.4. The van der Waals surface area contributed by atoms with E-state index in [0.717, 1.165) is 24.8 Å². The summed E-state index contributed by atoms with van der Waals surface area (Å²) >= 11 is 0. The molecule has 0 aromatic heterocycles. The number of benzene rings is 3. The summed E-state index contributed by atoms with van der Waals surface area (Å²) in [6, 6.07) is 12.7. The van der Waals surface area contributed by atoms with E-state index in [1.807, 2.05) is 6.08 Å². The first-order chi connectivity index (χ1) is 14.9. The van der Waals surface area contributed by atoms with Crippen LogP contribution in [0, 0.1) is 29.2 Å². The van der Waals surface area contributed by atoms with Gasteiger partial charge in [0.05, 0.1) is 0 Å². The van der Waals surface area contributed by atoms with Gasteiger partial charge >= 0.3 is 0 Å². The molecule has 0 heterocycles. The van der Waals surface area contributed by atoms with Gasteiger partial charge in [-0.1, -0.05) is 68.5 Å². The van der Waals surface area contributed by atoms with E-state index in [-0.39, 0.29) is 11.1 Å². The van der Waals surface area contributed by atoms with Gasteiger partial charge in [-0.05, 0) is 53.9 Å². The number of halogens is 4. The highest BCUT2D eigenvalue weighted by molar-refractivity contribution is 5.74. The van der Waals surface area contributed by atoms with E-state index in [1.54, 1.807) is 55.5 Å². The van der Waals surface area contributed by atoms with Crippen LogP contribution in [-0.4, -0.2) is 0 Å². The van der Waals surface area contributed by atoms with Gasteiger partial charge in [-0.25, -0.2) is 17.6 Å². The van der Waals surface area contributed by atoms with Crippen LogP contribution in [0.15, 0.2) is 54.6 Å². The SMILES string of the molecule is CCc1ccc(-c2ccc(-c3ccc(C4=CCC(C)CC4)c(F)c3F)cc2)c(F)c1F. The summed E-state index contributed by atoms with van der Waals surface area (Å²) in [5.74, 6) is -2.92. The van der Waals surface area contributed by atoms with Crippen LogP contribution in [0.25, 0.3) is 27.8 Å². The minimum absolute atomic E-state index is 0.140. The molecule has 0 N–H and O–H groups in total. The van der Waals surface area contributed by atoms with Crippen molar-refractivity contribution < 1.29 is 17.6 Å². The summed E-state index contributed by atoms with van der Waals surface area (Å²) in [5.41, 5.74) is 2.72. The van der Waals surface area contributed by atoms with E-state index in [4.69, 9.17) is 0 Å². The normalized spacial score (nSPS) is 16.3. The number of hydrogen-bond acceptors (Lipinski definition) is 0. The maximum Gasteiger partial charge on any atom is 0.167 e. The summed E-state index contributed by atoms with van der Waals surface area (Å²) < 4.78 is 58.3. The Balaban J connectivity index is 1.66. The van der Waals surface area contributed by atoms with Crippen LogP contribution in [-0.2, 0) is 6.42 Å². The first-order valence-corrected chi connectivity index (χ1v) is 10.7. The van der Waals surface area contributed by atoms with E-state index >= 15 is 0 Å². The lowest BCUT2D eigenvalue weighted by Gasteiger charge is -2.19. The van der Waals surface area contributed by atoms with Crippen LogP contribution < -0.4 is 0 Å². The van der Waals surface area contributed by atoms with Gasteiger partial charge in [-0.15, -0.1) is 0 Å². The maximum absolute atomic E-state index is 14.9. The molecular formula is C27H24F4. The molecule has 160 valence electrons. The fraction of sp³-hybridized carbons (Fsp3) is 0.259. The molecule has 0 saturated heterocycles. The number of rotatable bonds is 4. The molecule has 4 heteroatoms. The van der Waals surface area contributed by atoms with Crippen molar-refractivity contribution in [3.05, 3.63) is 89.0 Å². The molecule has 4 rings (SSSR count). The monoisotopic (exact) mass is 424 g/mol. The Kier molecular flexibility index (Phi) is 5.99. The molecule has 3 aromatic carbocycles. The largest absolute Gasteiger partial charge is 0.203 e. The standard InChI is InChI=1S/C27H24F4/c1-3-17-12-13-21(25(29)24(17)28)19-8-10-20(11-9-19)23-15-14-22(26(30)27(23)31)18-6-4-16(2)5-7-18/h6,8-16H,3-5,7H2,1-2H3. The molecule has 1 aliphatic rings. The molecule has 0 nitrogen and oxygen atoms in total. The minimum Gasteiger partial charge on any atom is -0.203 e. The van der Waals surface area contributed by atoms with E-state index in [1.165, 1.54) is 0 Å². The highest BCUT2D eigenvalue weighted by Crippen LogP contribution is 2.35. The van der Waals surface area contributed by atoms with Gasteiger partial charge in [0, 0.05) is 16.7 Å². The van der Waals surface area contributed by atoms with Crippen LogP contribution in [0.5, 0.6) is 0 Å². The highest BCUT2D eigenvalue weighted by Gasteiger charge is 2.20. The lowest BCUT2D eigenvalue weighted by molar-refractivity contribution is 0.502. The van der Waals surface area contributed by atoms with Crippen molar-refractivity contribution in [3.63, 3.8) is 0 Å². The first-order valence-electron chi connectivity index (χ1n) is 10.7. The van der Waals surface area contributed by atoms with Gasteiger partial charge in [0.1, 0.15) is 0 Å². The van der Waals surface area contributed by atoms with E-state index < -0.39 is 23.3 Å². The summed E-state index contributed by atoms with van der Waals surface area (Å²) in [6.45, 7) is 3.91. The van der Waals surface area contributed by atoms with Gasteiger partial charge in [0.2, 0.25) is 0 Å². The molecule has 3 aromatic rings. The molecule has 0 spiro atoms. The van der Waals surface area contributed by atoms with E-state index in [9.17, 15) is 17.6 Å². The summed E-state index contributed by atoms with van der Waals surface area (Å²) in [7, 11) is 0. The second-order valence-electron chi connectivity index (χ2n) is 8.23. The molecule has 1 atom stereocenters. The van der Waals surface area contributed by atoms with Crippen molar-refractivity contribution in [2.75, 3.05) is 0 Å². The van der Waals surface area contributed by atoms with Crippen molar-refractivity contribution in [2.24, 2.45) is 5.92 Å². The average molecular weight is 424 g/mol.